The van der Waals surface area contributed by atoms with Gasteiger partial charge in [-0.3, -0.25) is 0 Å². The lowest BCUT2D eigenvalue weighted by atomic mass is 10.0. The second-order valence-electron chi connectivity index (χ2n) is 4.12. The first kappa shape index (κ1) is 13.9. The van der Waals surface area contributed by atoms with Crippen LogP contribution in [0.15, 0.2) is 24.3 Å². The topological polar surface area (TPSA) is 9.23 Å². The molecule has 18 heavy (non-hydrogen) atoms. The molecule has 4 heteroatoms. The zero-order chi connectivity index (χ0) is 13.3. The molecular formula is C14H14BrClOS. The molecule has 1 aromatic carbocycles. The Balaban J connectivity index is 2.45. The van der Waals surface area contributed by atoms with Crippen molar-refractivity contribution >= 4 is 38.9 Å². The number of benzene rings is 1. The Labute approximate surface area is 125 Å². The summed E-state index contributed by atoms with van der Waals surface area (Å²) < 4.78 is 5.40. The molecule has 0 N–H and O–H groups in total. The van der Waals surface area contributed by atoms with Crippen LogP contribution in [0.1, 0.15) is 25.7 Å². The van der Waals surface area contributed by atoms with Crippen LogP contribution in [-0.2, 0) is 0 Å². The normalized spacial score (nSPS) is 12.5. The fourth-order valence-electron chi connectivity index (χ4n) is 1.96. The lowest BCUT2D eigenvalue weighted by Gasteiger charge is -2.14. The summed E-state index contributed by atoms with van der Waals surface area (Å²) >= 11 is 11.6. The molecule has 2 rings (SSSR count). The van der Waals surface area contributed by atoms with Crippen LogP contribution in [0.2, 0.25) is 5.02 Å². The zero-order valence-corrected chi connectivity index (χ0v) is 13.6. The number of methoxy groups -OCH3 is 1. The minimum atomic E-state index is 0.134. The monoisotopic (exact) mass is 344 g/mol. The third kappa shape index (κ3) is 2.73. The molecule has 0 radical (unpaired) electrons. The van der Waals surface area contributed by atoms with E-state index < -0.39 is 0 Å². The van der Waals surface area contributed by atoms with E-state index in [4.69, 9.17) is 16.3 Å². The fraction of sp³-hybridized carbons (Fsp3) is 0.286. The number of hydrogen-bond donors (Lipinski definition) is 0. The molecule has 0 saturated heterocycles. The van der Waals surface area contributed by atoms with Gasteiger partial charge in [-0.05, 0) is 37.6 Å². The molecule has 0 spiro atoms. The third-order valence-electron chi connectivity index (χ3n) is 2.82. The van der Waals surface area contributed by atoms with Crippen LogP contribution >= 0.6 is 38.9 Å². The molecule has 96 valence electrons. The van der Waals surface area contributed by atoms with Gasteiger partial charge in [-0.25, -0.2) is 0 Å². The Morgan fingerprint density at radius 1 is 1.22 bits per heavy atom. The lowest BCUT2D eigenvalue weighted by molar-refractivity contribution is 0.410. The number of alkyl halides is 1. The van der Waals surface area contributed by atoms with E-state index in [-0.39, 0.29) is 4.83 Å². The summed E-state index contributed by atoms with van der Waals surface area (Å²) in [6, 6.07) is 7.96. The second-order valence-corrected chi connectivity index (χ2v) is 6.93. The predicted octanol–water partition coefficient (Wildman–Crippen LogP) is 5.51. The van der Waals surface area contributed by atoms with E-state index in [0.717, 1.165) is 11.3 Å². The number of thiophene rings is 1. The highest BCUT2D eigenvalue weighted by molar-refractivity contribution is 9.09. The van der Waals surface area contributed by atoms with Gasteiger partial charge in [0, 0.05) is 20.3 Å². The van der Waals surface area contributed by atoms with Crippen molar-refractivity contribution in [3.8, 4) is 5.75 Å². The Morgan fingerprint density at radius 3 is 2.50 bits per heavy atom. The van der Waals surface area contributed by atoms with Gasteiger partial charge >= 0.3 is 0 Å². The van der Waals surface area contributed by atoms with Crippen LogP contribution < -0.4 is 4.74 Å². The molecule has 0 amide bonds. The highest BCUT2D eigenvalue weighted by Gasteiger charge is 2.18. The van der Waals surface area contributed by atoms with Gasteiger partial charge in [-0.15, -0.1) is 11.3 Å². The highest BCUT2D eigenvalue weighted by atomic mass is 79.9. The molecule has 1 atom stereocenters. The number of aryl methyl sites for hydroxylation is 2. The summed E-state index contributed by atoms with van der Waals surface area (Å²) in [5.74, 6) is 0.813. The van der Waals surface area contributed by atoms with Crippen molar-refractivity contribution in [1.82, 2.24) is 0 Å². The molecule has 1 aromatic heterocycles. The van der Waals surface area contributed by atoms with Crippen molar-refractivity contribution in [2.24, 2.45) is 0 Å². The highest BCUT2D eigenvalue weighted by Crippen LogP contribution is 2.41. The third-order valence-corrected chi connectivity index (χ3v) is 5.02. The smallest absolute Gasteiger partial charge is 0.125 e. The average Bonchev–Trinajstić information content (AvgIpc) is 2.67. The average molecular weight is 346 g/mol. The molecule has 1 heterocycles. The summed E-state index contributed by atoms with van der Waals surface area (Å²) in [7, 11) is 1.67. The molecule has 0 aliphatic rings. The first-order chi connectivity index (χ1) is 8.52. The molecule has 0 bridgehead atoms. The van der Waals surface area contributed by atoms with Crippen LogP contribution in [0.25, 0.3) is 0 Å². The number of rotatable bonds is 3. The summed E-state index contributed by atoms with van der Waals surface area (Å²) in [6.07, 6.45) is 0. The summed E-state index contributed by atoms with van der Waals surface area (Å²) in [5, 5.41) is 0.688. The maximum atomic E-state index is 5.99. The van der Waals surface area contributed by atoms with Crippen molar-refractivity contribution in [2.45, 2.75) is 18.7 Å². The summed E-state index contributed by atoms with van der Waals surface area (Å²) in [5.41, 5.74) is 2.39. The van der Waals surface area contributed by atoms with Crippen LogP contribution in [0.3, 0.4) is 0 Å². The first-order valence-corrected chi connectivity index (χ1v) is 7.68. The van der Waals surface area contributed by atoms with Crippen molar-refractivity contribution in [3.05, 3.63) is 50.2 Å². The van der Waals surface area contributed by atoms with E-state index in [2.05, 4.69) is 35.8 Å². The molecule has 0 aliphatic carbocycles. The fourth-order valence-corrected chi connectivity index (χ4v) is 4.09. The number of ether oxygens (including phenoxy) is 1. The standard InChI is InChI=1S/C14H14BrClOS/c1-8-6-12(9(2)18-8)14(15)11-5-4-10(16)7-13(11)17-3/h4-7,14H,1-3H3. The van der Waals surface area contributed by atoms with Gasteiger partial charge < -0.3 is 4.74 Å². The maximum Gasteiger partial charge on any atom is 0.125 e. The number of hydrogen-bond acceptors (Lipinski definition) is 2. The van der Waals surface area contributed by atoms with E-state index in [1.807, 2.05) is 29.5 Å². The van der Waals surface area contributed by atoms with E-state index in [1.54, 1.807) is 7.11 Å². The van der Waals surface area contributed by atoms with Gasteiger partial charge in [0.1, 0.15) is 5.75 Å². The Hall–Kier alpha value is -0.510. The molecule has 0 fully saturated rings. The predicted molar refractivity (Wildman–Crippen MR) is 82.6 cm³/mol. The van der Waals surface area contributed by atoms with Crippen molar-refractivity contribution in [3.63, 3.8) is 0 Å². The Kier molecular flexibility index (Phi) is 4.36. The molecular weight excluding hydrogens is 332 g/mol. The van der Waals surface area contributed by atoms with Gasteiger partial charge in [-0.1, -0.05) is 33.6 Å². The minimum Gasteiger partial charge on any atom is -0.496 e. The first-order valence-electron chi connectivity index (χ1n) is 5.57. The zero-order valence-electron chi connectivity index (χ0n) is 10.5. The Bertz CT molecular complexity index is 565. The van der Waals surface area contributed by atoms with Gasteiger partial charge in [0.25, 0.3) is 0 Å². The molecule has 1 unspecified atom stereocenters. The number of halogens is 2. The van der Waals surface area contributed by atoms with Crippen LogP contribution in [0.5, 0.6) is 5.75 Å². The molecule has 0 aliphatic heterocycles. The lowest BCUT2D eigenvalue weighted by Crippen LogP contribution is -1.97. The Morgan fingerprint density at radius 2 is 1.94 bits per heavy atom. The SMILES string of the molecule is COc1cc(Cl)ccc1C(Br)c1cc(C)sc1C. The van der Waals surface area contributed by atoms with Crippen molar-refractivity contribution in [2.75, 3.05) is 7.11 Å². The van der Waals surface area contributed by atoms with E-state index >= 15 is 0 Å². The van der Waals surface area contributed by atoms with Crippen molar-refractivity contribution < 1.29 is 4.74 Å². The van der Waals surface area contributed by atoms with Crippen LogP contribution in [0, 0.1) is 13.8 Å². The quantitative estimate of drug-likeness (QED) is 0.666. The van der Waals surface area contributed by atoms with E-state index in [0.29, 0.717) is 5.02 Å². The summed E-state index contributed by atoms with van der Waals surface area (Å²) in [4.78, 5) is 2.78. The van der Waals surface area contributed by atoms with Gasteiger partial charge in [0.05, 0.1) is 11.9 Å². The second kappa shape index (κ2) is 5.64. The van der Waals surface area contributed by atoms with Gasteiger partial charge in [-0.2, -0.15) is 0 Å². The molecule has 1 nitrogen and oxygen atoms in total. The van der Waals surface area contributed by atoms with Crippen LogP contribution in [0.4, 0.5) is 0 Å². The van der Waals surface area contributed by atoms with Crippen LogP contribution in [-0.4, -0.2) is 7.11 Å². The summed E-state index contributed by atoms with van der Waals surface area (Å²) in [6.45, 7) is 4.27. The van der Waals surface area contributed by atoms with Crippen molar-refractivity contribution in [1.29, 1.82) is 0 Å². The maximum absolute atomic E-state index is 5.99. The minimum absolute atomic E-state index is 0.134. The van der Waals surface area contributed by atoms with Gasteiger partial charge in [0.15, 0.2) is 0 Å². The largest absolute Gasteiger partial charge is 0.496 e. The van der Waals surface area contributed by atoms with Gasteiger partial charge in [0.2, 0.25) is 0 Å². The molecule has 0 saturated carbocycles. The van der Waals surface area contributed by atoms with E-state index in [1.165, 1.54) is 15.3 Å². The van der Waals surface area contributed by atoms with E-state index in [9.17, 15) is 0 Å². The molecule has 2 aromatic rings.